The molecule has 1 aliphatic rings. The molecule has 3 aromatic heterocycles. The number of aryl methyl sites for hydroxylation is 1. The zero-order chi connectivity index (χ0) is 25.4. The molecule has 0 N–H and O–H groups in total. The molecule has 0 spiro atoms. The van der Waals surface area contributed by atoms with Crippen LogP contribution in [-0.2, 0) is 11.8 Å². The fraction of sp³-hybridized carbons (Fsp3) is 0.321. The summed E-state index contributed by atoms with van der Waals surface area (Å²) in [7, 11) is 1.78. The maximum absolute atomic E-state index is 13.4. The molecule has 184 valence electrons. The predicted octanol–water partition coefficient (Wildman–Crippen LogP) is 4.75. The predicted molar refractivity (Wildman–Crippen MR) is 145 cm³/mol. The third-order valence-electron chi connectivity index (χ3n) is 7.13. The molecule has 8 nitrogen and oxygen atoms in total. The fourth-order valence-corrected chi connectivity index (χ4v) is 5.10. The number of rotatable bonds is 5. The summed E-state index contributed by atoms with van der Waals surface area (Å²) in [5, 5.41) is 0. The van der Waals surface area contributed by atoms with E-state index in [1.54, 1.807) is 17.8 Å². The third-order valence-corrected chi connectivity index (χ3v) is 7.13. The minimum Gasteiger partial charge on any atom is -0.343 e. The first-order chi connectivity index (χ1) is 17.4. The van der Waals surface area contributed by atoms with Gasteiger partial charge in [-0.25, -0.2) is 9.78 Å². The van der Waals surface area contributed by atoms with Crippen LogP contribution in [0.4, 0.5) is 5.69 Å². The monoisotopic (exact) mass is 482 g/mol. The number of aliphatic imine (C=N–C) groups is 1. The van der Waals surface area contributed by atoms with Crippen molar-refractivity contribution in [1.29, 1.82) is 0 Å². The number of likely N-dealkylation sites (tertiary alicyclic amines) is 1. The second kappa shape index (κ2) is 9.53. The van der Waals surface area contributed by atoms with Crippen LogP contribution in [0.1, 0.15) is 50.4 Å². The Labute approximate surface area is 209 Å². The summed E-state index contributed by atoms with van der Waals surface area (Å²) in [6.45, 7) is 8.88. The lowest BCUT2D eigenvalue weighted by Gasteiger charge is -2.32. The molecule has 0 unspecified atom stereocenters. The first-order valence-electron chi connectivity index (χ1n) is 12.3. The number of carbonyl (C=O) groups excluding carboxylic acids is 1. The largest absolute Gasteiger partial charge is 0.343 e. The van der Waals surface area contributed by atoms with Gasteiger partial charge in [0.1, 0.15) is 5.52 Å². The van der Waals surface area contributed by atoms with E-state index in [2.05, 4.69) is 16.7 Å². The maximum atomic E-state index is 13.4. The van der Waals surface area contributed by atoms with Crippen molar-refractivity contribution in [3.05, 3.63) is 64.3 Å². The molecule has 8 heteroatoms. The molecule has 0 atom stereocenters. The van der Waals surface area contributed by atoms with Crippen molar-refractivity contribution in [2.24, 2.45) is 12.0 Å². The lowest BCUT2D eigenvalue weighted by molar-refractivity contribution is -0.132. The van der Waals surface area contributed by atoms with Gasteiger partial charge in [0, 0.05) is 38.2 Å². The lowest BCUT2D eigenvalue weighted by Crippen LogP contribution is -2.40. The highest BCUT2D eigenvalue weighted by Gasteiger charge is 2.27. The number of amides is 1. The Hall–Kier alpha value is -4.07. The maximum Gasteiger partial charge on any atom is 0.329 e. The number of piperidine rings is 1. The minimum absolute atomic E-state index is 0.000319. The molecule has 0 saturated carbocycles. The molecular formula is C28H30N6O2. The van der Waals surface area contributed by atoms with Crippen molar-refractivity contribution in [1.82, 2.24) is 24.0 Å². The molecule has 36 heavy (non-hydrogen) atoms. The summed E-state index contributed by atoms with van der Waals surface area (Å²) in [5.74, 6) is 0.162. The van der Waals surface area contributed by atoms with Gasteiger partial charge < -0.3 is 4.90 Å². The number of allylic oxidation sites excluding steroid dienone is 1. The van der Waals surface area contributed by atoms with Crippen LogP contribution in [0.5, 0.6) is 0 Å². The quantitative estimate of drug-likeness (QED) is 0.384. The molecule has 1 aliphatic heterocycles. The number of nitrogens with zero attached hydrogens (tertiary/aromatic N) is 6. The molecular weight excluding hydrogens is 452 g/mol. The third kappa shape index (κ3) is 4.02. The molecule has 1 aromatic carbocycles. The molecule has 0 radical (unpaired) electrons. The second-order valence-corrected chi connectivity index (χ2v) is 9.28. The Kier molecular flexibility index (Phi) is 6.26. The van der Waals surface area contributed by atoms with Gasteiger partial charge in [-0.05, 0) is 56.3 Å². The van der Waals surface area contributed by atoms with Gasteiger partial charge in [0.05, 0.1) is 34.1 Å². The van der Waals surface area contributed by atoms with Gasteiger partial charge in [0.25, 0.3) is 0 Å². The topological polar surface area (TPSA) is 85.4 Å². The highest BCUT2D eigenvalue weighted by molar-refractivity contribution is 6.00. The molecule has 5 rings (SSSR count). The number of para-hydroxylation sites is 1. The van der Waals surface area contributed by atoms with Gasteiger partial charge in [0.15, 0.2) is 0 Å². The van der Waals surface area contributed by atoms with Crippen molar-refractivity contribution < 1.29 is 4.79 Å². The number of carbonyl (C=O) groups is 1. The molecule has 1 fully saturated rings. The lowest BCUT2D eigenvalue weighted by atomic mass is 10.0. The summed E-state index contributed by atoms with van der Waals surface area (Å²) >= 11 is 0. The Morgan fingerprint density at radius 2 is 1.94 bits per heavy atom. The minimum atomic E-state index is -0.0787. The number of fused-ring (bicyclic) bond motifs is 3. The normalized spacial score (nSPS) is 15.1. The second-order valence-electron chi connectivity index (χ2n) is 9.28. The smallest absolute Gasteiger partial charge is 0.329 e. The number of imidazole rings is 1. The van der Waals surface area contributed by atoms with Crippen LogP contribution in [0.25, 0.3) is 33.7 Å². The molecule has 1 amide bonds. The van der Waals surface area contributed by atoms with E-state index in [0.29, 0.717) is 25.0 Å². The summed E-state index contributed by atoms with van der Waals surface area (Å²) in [6.07, 6.45) is 5.77. The van der Waals surface area contributed by atoms with E-state index in [-0.39, 0.29) is 17.6 Å². The Balaban J connectivity index is 1.62. The van der Waals surface area contributed by atoms with Gasteiger partial charge in [-0.15, -0.1) is 0 Å². The van der Waals surface area contributed by atoms with Crippen LogP contribution in [-0.4, -0.2) is 49.7 Å². The van der Waals surface area contributed by atoms with Crippen molar-refractivity contribution in [3.63, 3.8) is 0 Å². The Morgan fingerprint density at radius 3 is 2.67 bits per heavy atom. The van der Waals surface area contributed by atoms with Crippen molar-refractivity contribution in [2.45, 2.75) is 39.2 Å². The van der Waals surface area contributed by atoms with Crippen LogP contribution >= 0.6 is 0 Å². The van der Waals surface area contributed by atoms with Gasteiger partial charge in [-0.1, -0.05) is 25.1 Å². The van der Waals surface area contributed by atoms with Crippen LogP contribution in [0.15, 0.2) is 52.4 Å². The average molecular weight is 483 g/mol. The van der Waals surface area contributed by atoms with E-state index in [1.165, 1.54) is 0 Å². The summed E-state index contributed by atoms with van der Waals surface area (Å²) < 4.78 is 3.52. The number of hydrogen-bond acceptors (Lipinski definition) is 5. The standard InChI is InChI=1S/C28H30N6O2/c1-5-25(35)33-14-12-20(13-15-33)34-27-24(32(4)28(34)36)17-30-23-11-10-21(31-26(23)27)18(2)16-19-8-6-7-9-22(19)29-3/h6-11,16-17,20H,3,5,12-15H2,1-2,4H3. The van der Waals surface area contributed by atoms with Crippen LogP contribution < -0.4 is 5.69 Å². The Bertz CT molecular complexity index is 1570. The highest BCUT2D eigenvalue weighted by atomic mass is 16.2. The summed E-state index contributed by atoms with van der Waals surface area (Å²) in [5.41, 5.74) is 6.48. The first kappa shape index (κ1) is 23.7. The van der Waals surface area contributed by atoms with E-state index in [9.17, 15) is 9.59 Å². The number of pyridine rings is 2. The van der Waals surface area contributed by atoms with Crippen molar-refractivity contribution >= 4 is 52.0 Å². The van der Waals surface area contributed by atoms with E-state index in [1.807, 2.05) is 65.8 Å². The van der Waals surface area contributed by atoms with Crippen molar-refractivity contribution in [2.75, 3.05) is 13.1 Å². The van der Waals surface area contributed by atoms with E-state index >= 15 is 0 Å². The fourth-order valence-electron chi connectivity index (χ4n) is 5.10. The van der Waals surface area contributed by atoms with E-state index in [0.717, 1.165) is 51.9 Å². The first-order valence-corrected chi connectivity index (χ1v) is 12.3. The number of hydrogen-bond donors (Lipinski definition) is 0. The highest BCUT2D eigenvalue weighted by Crippen LogP contribution is 2.30. The van der Waals surface area contributed by atoms with Gasteiger partial charge in [-0.3, -0.25) is 23.9 Å². The van der Waals surface area contributed by atoms with Crippen LogP contribution in [0.3, 0.4) is 0 Å². The average Bonchev–Trinajstić information content (AvgIpc) is 3.18. The van der Waals surface area contributed by atoms with Crippen molar-refractivity contribution in [3.8, 4) is 0 Å². The molecule has 0 aliphatic carbocycles. The zero-order valence-corrected chi connectivity index (χ0v) is 20.9. The molecule has 4 aromatic rings. The molecule has 0 bridgehead atoms. The van der Waals surface area contributed by atoms with Gasteiger partial charge >= 0.3 is 5.69 Å². The summed E-state index contributed by atoms with van der Waals surface area (Å²) in [4.78, 5) is 41.2. The SMILES string of the molecule is C=Nc1ccccc1C=C(C)c1ccc2ncc3c(c2n1)n(C1CCN(C(=O)CC)CC1)c(=O)n3C. The van der Waals surface area contributed by atoms with Gasteiger partial charge in [0.2, 0.25) is 5.91 Å². The summed E-state index contributed by atoms with van der Waals surface area (Å²) in [6, 6.07) is 11.7. The van der Waals surface area contributed by atoms with Crippen LogP contribution in [0.2, 0.25) is 0 Å². The zero-order valence-electron chi connectivity index (χ0n) is 20.9. The molecule has 4 heterocycles. The van der Waals surface area contributed by atoms with Crippen LogP contribution in [0, 0.1) is 0 Å². The number of aromatic nitrogens is 4. The van der Waals surface area contributed by atoms with E-state index in [4.69, 9.17) is 4.98 Å². The van der Waals surface area contributed by atoms with Gasteiger partial charge in [-0.2, -0.15) is 0 Å². The van der Waals surface area contributed by atoms with E-state index < -0.39 is 0 Å². The Morgan fingerprint density at radius 1 is 1.19 bits per heavy atom. The molecule has 1 saturated heterocycles. The number of benzene rings is 1.